The molecule has 1 aromatic heterocycles. The summed E-state index contributed by atoms with van der Waals surface area (Å²) in [6.07, 6.45) is -10.4. The van der Waals surface area contributed by atoms with E-state index in [1.165, 1.54) is 6.92 Å². The molecule has 10 heteroatoms. The van der Waals surface area contributed by atoms with Crippen molar-refractivity contribution in [3.8, 4) is 0 Å². The van der Waals surface area contributed by atoms with Crippen LogP contribution in [-0.2, 0) is 18.8 Å². The summed E-state index contributed by atoms with van der Waals surface area (Å²) in [6.45, 7) is 1.49. The number of nitrogens with zero attached hydrogens (tertiary/aromatic N) is 1. The average molecular weight is 369 g/mol. The number of hydrogen-bond acceptors (Lipinski definition) is 3. The largest absolute Gasteiger partial charge is 0.477 e. The van der Waals surface area contributed by atoms with E-state index in [1.54, 1.807) is 0 Å². The van der Waals surface area contributed by atoms with Crippen LogP contribution in [0.3, 0.4) is 0 Å². The predicted molar refractivity (Wildman–Crippen MR) is 73.1 cm³/mol. The maximum absolute atomic E-state index is 12.8. The molecule has 24 heavy (non-hydrogen) atoms. The number of aromatic nitrogens is 1. The summed E-state index contributed by atoms with van der Waals surface area (Å²) in [6, 6.07) is 1.15. The van der Waals surface area contributed by atoms with Gasteiger partial charge in [-0.05, 0) is 30.7 Å². The number of rotatable bonds is 3. The molecule has 1 heterocycles. The highest BCUT2D eigenvalue weighted by Gasteiger charge is 2.37. The van der Waals surface area contributed by atoms with Gasteiger partial charge in [-0.1, -0.05) is 0 Å². The first-order chi connectivity index (χ1) is 10.9. The lowest BCUT2D eigenvalue weighted by Gasteiger charge is -2.14. The van der Waals surface area contributed by atoms with Gasteiger partial charge in [0.05, 0.1) is 21.8 Å². The van der Waals surface area contributed by atoms with Gasteiger partial charge in [0.2, 0.25) is 0 Å². The van der Waals surface area contributed by atoms with Crippen molar-refractivity contribution in [3.05, 3.63) is 50.5 Å². The molecule has 3 nitrogen and oxygen atoms in total. The summed E-state index contributed by atoms with van der Waals surface area (Å²) in [5, 5.41) is 9.39. The van der Waals surface area contributed by atoms with Gasteiger partial charge in [0.15, 0.2) is 0 Å². The first-order valence-electron chi connectivity index (χ1n) is 6.36. The van der Waals surface area contributed by atoms with Gasteiger partial charge in [0.1, 0.15) is 4.88 Å². The first kappa shape index (κ1) is 18.2. The van der Waals surface area contributed by atoms with E-state index in [0.29, 0.717) is 17.1 Å². The lowest BCUT2D eigenvalue weighted by Crippen LogP contribution is -2.12. The van der Waals surface area contributed by atoms with Crippen molar-refractivity contribution in [2.24, 2.45) is 0 Å². The number of halogens is 6. The van der Waals surface area contributed by atoms with E-state index >= 15 is 0 Å². The Morgan fingerprint density at radius 3 is 2.00 bits per heavy atom. The number of carbonyl (C=O) groups is 1. The fraction of sp³-hybridized carbons (Fsp3) is 0.286. The Kier molecular flexibility index (Phi) is 4.62. The highest BCUT2D eigenvalue weighted by atomic mass is 32.1. The average Bonchev–Trinajstić information content (AvgIpc) is 2.77. The number of thiazole rings is 1. The van der Waals surface area contributed by atoms with Crippen LogP contribution in [0.5, 0.6) is 0 Å². The second kappa shape index (κ2) is 6.08. The van der Waals surface area contributed by atoms with Crippen LogP contribution in [0.15, 0.2) is 18.2 Å². The fourth-order valence-corrected chi connectivity index (χ4v) is 2.85. The van der Waals surface area contributed by atoms with Gasteiger partial charge in [-0.3, -0.25) is 0 Å². The van der Waals surface area contributed by atoms with Crippen molar-refractivity contribution < 1.29 is 36.2 Å². The number of carboxylic acid groups (broad SMARTS) is 1. The molecule has 0 atom stereocenters. The Morgan fingerprint density at radius 1 is 1.08 bits per heavy atom. The number of aromatic carboxylic acids is 1. The van der Waals surface area contributed by atoms with E-state index < -0.39 is 35.9 Å². The molecule has 130 valence electrons. The summed E-state index contributed by atoms with van der Waals surface area (Å²) in [7, 11) is 0. The molecule has 0 spiro atoms. The number of alkyl halides is 6. The summed E-state index contributed by atoms with van der Waals surface area (Å²) in [5.74, 6) is -1.33. The minimum absolute atomic E-state index is 0.0217. The summed E-state index contributed by atoms with van der Waals surface area (Å²) >= 11 is 0.806. The molecule has 0 fully saturated rings. The lowest BCUT2D eigenvalue weighted by molar-refractivity contribution is -0.143. The Balaban J connectivity index is 2.52. The molecular weight excluding hydrogens is 360 g/mol. The molecule has 0 bridgehead atoms. The highest BCUT2D eigenvalue weighted by Crippen LogP contribution is 2.37. The molecule has 0 saturated heterocycles. The van der Waals surface area contributed by atoms with Gasteiger partial charge in [0.25, 0.3) is 0 Å². The molecule has 1 aromatic carbocycles. The van der Waals surface area contributed by atoms with Gasteiger partial charge in [-0.25, -0.2) is 9.78 Å². The molecule has 0 aliphatic heterocycles. The van der Waals surface area contributed by atoms with Gasteiger partial charge >= 0.3 is 18.3 Å². The molecule has 2 aromatic rings. The van der Waals surface area contributed by atoms with Crippen LogP contribution in [0.2, 0.25) is 0 Å². The van der Waals surface area contributed by atoms with Crippen LogP contribution in [0.1, 0.15) is 37.1 Å². The summed E-state index contributed by atoms with van der Waals surface area (Å²) < 4.78 is 76.9. The predicted octanol–water partition coefficient (Wildman–Crippen LogP) is 4.78. The third kappa shape index (κ3) is 4.05. The van der Waals surface area contributed by atoms with Gasteiger partial charge in [-0.2, -0.15) is 26.3 Å². The highest BCUT2D eigenvalue weighted by molar-refractivity contribution is 7.13. The molecule has 0 unspecified atom stereocenters. The SMILES string of the molecule is Cc1nc(Cc2cc(C(F)(F)F)cc(C(F)(F)F)c2)c(C(=O)O)s1. The first-order valence-corrected chi connectivity index (χ1v) is 7.17. The molecule has 0 amide bonds. The number of benzene rings is 1. The quantitative estimate of drug-likeness (QED) is 0.793. The zero-order valence-corrected chi connectivity index (χ0v) is 12.7. The van der Waals surface area contributed by atoms with E-state index in [9.17, 15) is 31.1 Å². The number of aryl methyl sites for hydroxylation is 1. The van der Waals surface area contributed by atoms with E-state index in [1.807, 2.05) is 0 Å². The molecule has 0 aliphatic rings. The zero-order valence-electron chi connectivity index (χ0n) is 11.9. The second-order valence-corrected chi connectivity index (χ2v) is 6.11. The summed E-state index contributed by atoms with van der Waals surface area (Å²) in [5.41, 5.74) is -3.28. The molecule has 2 rings (SSSR count). The Hall–Kier alpha value is -2.10. The summed E-state index contributed by atoms with van der Waals surface area (Å²) in [4.78, 5) is 14.8. The Bertz CT molecular complexity index is 746. The van der Waals surface area contributed by atoms with Crippen LogP contribution in [-0.4, -0.2) is 16.1 Å². The van der Waals surface area contributed by atoms with Crippen molar-refractivity contribution in [1.82, 2.24) is 4.98 Å². The topological polar surface area (TPSA) is 50.2 Å². The number of carboxylic acids is 1. The van der Waals surface area contributed by atoms with Crippen molar-refractivity contribution in [3.63, 3.8) is 0 Å². The van der Waals surface area contributed by atoms with Crippen LogP contribution < -0.4 is 0 Å². The van der Waals surface area contributed by atoms with E-state index in [-0.39, 0.29) is 22.2 Å². The van der Waals surface area contributed by atoms with Gasteiger partial charge in [-0.15, -0.1) is 11.3 Å². The van der Waals surface area contributed by atoms with E-state index in [2.05, 4.69) is 4.98 Å². The minimum atomic E-state index is -4.95. The molecule has 1 N–H and O–H groups in total. The van der Waals surface area contributed by atoms with Crippen LogP contribution in [0.4, 0.5) is 26.3 Å². The van der Waals surface area contributed by atoms with Crippen LogP contribution in [0.25, 0.3) is 0 Å². The van der Waals surface area contributed by atoms with Crippen molar-refractivity contribution in [2.45, 2.75) is 25.7 Å². The monoisotopic (exact) mass is 369 g/mol. The normalized spacial score (nSPS) is 12.5. The maximum atomic E-state index is 12.8. The van der Waals surface area contributed by atoms with E-state index in [4.69, 9.17) is 5.11 Å². The zero-order chi connectivity index (χ0) is 18.3. The van der Waals surface area contributed by atoms with Gasteiger partial charge < -0.3 is 5.11 Å². The molecule has 0 radical (unpaired) electrons. The van der Waals surface area contributed by atoms with E-state index in [0.717, 1.165) is 11.3 Å². The Morgan fingerprint density at radius 2 is 1.58 bits per heavy atom. The number of hydrogen-bond donors (Lipinski definition) is 1. The smallest absolute Gasteiger partial charge is 0.416 e. The minimum Gasteiger partial charge on any atom is -0.477 e. The maximum Gasteiger partial charge on any atom is 0.416 e. The third-order valence-electron chi connectivity index (χ3n) is 3.02. The van der Waals surface area contributed by atoms with Gasteiger partial charge in [0, 0.05) is 6.42 Å². The Labute approximate surface area is 135 Å². The third-order valence-corrected chi connectivity index (χ3v) is 4.02. The fourth-order valence-electron chi connectivity index (χ4n) is 2.07. The van der Waals surface area contributed by atoms with Crippen LogP contribution >= 0.6 is 11.3 Å². The van der Waals surface area contributed by atoms with Crippen LogP contribution in [0, 0.1) is 6.92 Å². The second-order valence-electron chi connectivity index (χ2n) is 4.90. The van der Waals surface area contributed by atoms with Crippen molar-refractivity contribution >= 4 is 17.3 Å². The standard InChI is InChI=1S/C14H9F6NO2S/c1-6-21-10(11(24-6)12(22)23)4-7-2-8(13(15,16)17)5-9(3-7)14(18,19)20/h2-3,5H,4H2,1H3,(H,22,23). The lowest BCUT2D eigenvalue weighted by atomic mass is 10.0. The van der Waals surface area contributed by atoms with Crippen molar-refractivity contribution in [1.29, 1.82) is 0 Å². The molecular formula is C14H9F6NO2S. The molecule has 0 aliphatic carbocycles. The molecule has 0 saturated carbocycles. The van der Waals surface area contributed by atoms with Crippen molar-refractivity contribution in [2.75, 3.05) is 0 Å².